The SMILES string of the molecule is CC(F)C1CN([C@H](C)c2ccccc2)C(=O)C1NC(=O)OC(C)(C)C. The van der Waals surface area contributed by atoms with Crippen molar-refractivity contribution in [2.75, 3.05) is 6.54 Å². The number of likely N-dealkylation sites (tertiary alicyclic amines) is 1. The average Bonchev–Trinajstić information content (AvgIpc) is 2.83. The third-order valence-electron chi connectivity index (χ3n) is 4.40. The van der Waals surface area contributed by atoms with Crippen LogP contribution in [0.2, 0.25) is 0 Å². The molecule has 0 spiro atoms. The van der Waals surface area contributed by atoms with E-state index in [2.05, 4.69) is 5.32 Å². The quantitative estimate of drug-likeness (QED) is 0.905. The normalized spacial score (nSPS) is 23.3. The van der Waals surface area contributed by atoms with Crippen molar-refractivity contribution in [2.24, 2.45) is 5.92 Å². The topological polar surface area (TPSA) is 58.6 Å². The molecule has 1 heterocycles. The van der Waals surface area contributed by atoms with Gasteiger partial charge in [-0.2, -0.15) is 0 Å². The minimum Gasteiger partial charge on any atom is -0.444 e. The van der Waals surface area contributed by atoms with Gasteiger partial charge in [0, 0.05) is 12.5 Å². The standard InChI is InChI=1S/C19H27FN2O3/c1-12(20)15-11-22(13(2)14-9-7-6-8-10-14)17(23)16(15)21-18(24)25-19(3,4)5/h6-10,12-13,15-16H,11H2,1-5H3,(H,21,24)/t12?,13-,15?,16?/m1/s1. The Labute approximate surface area is 148 Å². The van der Waals surface area contributed by atoms with Crippen LogP contribution in [0.15, 0.2) is 30.3 Å². The van der Waals surface area contributed by atoms with Crippen LogP contribution in [0.4, 0.5) is 9.18 Å². The highest BCUT2D eigenvalue weighted by atomic mass is 19.1. The van der Waals surface area contributed by atoms with Gasteiger partial charge in [0.25, 0.3) is 0 Å². The minimum atomic E-state index is -1.23. The summed E-state index contributed by atoms with van der Waals surface area (Å²) in [4.78, 5) is 26.5. The summed E-state index contributed by atoms with van der Waals surface area (Å²) < 4.78 is 19.3. The number of nitrogens with zero attached hydrogens (tertiary/aromatic N) is 1. The van der Waals surface area contributed by atoms with Crippen molar-refractivity contribution < 1.29 is 18.7 Å². The van der Waals surface area contributed by atoms with E-state index in [1.54, 1.807) is 25.7 Å². The Bertz CT molecular complexity index is 613. The van der Waals surface area contributed by atoms with Crippen molar-refractivity contribution in [2.45, 2.75) is 58.5 Å². The van der Waals surface area contributed by atoms with Crippen LogP contribution in [0, 0.1) is 5.92 Å². The number of amides is 2. The molecule has 1 aromatic carbocycles. The van der Waals surface area contributed by atoms with Gasteiger partial charge in [-0.05, 0) is 40.2 Å². The lowest BCUT2D eigenvalue weighted by atomic mass is 9.99. The zero-order chi connectivity index (χ0) is 18.8. The summed E-state index contributed by atoms with van der Waals surface area (Å²) in [5.41, 5.74) is 0.290. The Morgan fingerprint density at radius 1 is 1.28 bits per heavy atom. The highest BCUT2D eigenvalue weighted by Gasteiger charge is 2.46. The van der Waals surface area contributed by atoms with E-state index >= 15 is 0 Å². The van der Waals surface area contributed by atoms with Gasteiger partial charge in [0.05, 0.1) is 6.04 Å². The first-order chi connectivity index (χ1) is 11.6. The number of alkyl carbamates (subject to hydrolysis) is 1. The van der Waals surface area contributed by atoms with Crippen molar-refractivity contribution in [1.29, 1.82) is 0 Å². The lowest BCUT2D eigenvalue weighted by Gasteiger charge is -2.25. The van der Waals surface area contributed by atoms with Crippen LogP contribution in [0.1, 0.15) is 46.2 Å². The van der Waals surface area contributed by atoms with Crippen molar-refractivity contribution in [1.82, 2.24) is 10.2 Å². The number of rotatable bonds is 4. The van der Waals surface area contributed by atoms with E-state index in [1.165, 1.54) is 6.92 Å². The molecule has 1 aliphatic rings. The number of carbonyl (C=O) groups is 2. The summed E-state index contributed by atoms with van der Waals surface area (Å²) in [5.74, 6) is -0.886. The second-order valence-electron chi connectivity index (χ2n) is 7.54. The van der Waals surface area contributed by atoms with E-state index in [4.69, 9.17) is 4.74 Å². The second-order valence-corrected chi connectivity index (χ2v) is 7.54. The van der Waals surface area contributed by atoms with Gasteiger partial charge in [-0.3, -0.25) is 4.79 Å². The molecule has 5 nitrogen and oxygen atoms in total. The first kappa shape index (κ1) is 19.2. The molecule has 3 unspecified atom stereocenters. The average molecular weight is 350 g/mol. The fourth-order valence-electron chi connectivity index (χ4n) is 3.06. The number of nitrogens with one attached hydrogen (secondary N) is 1. The van der Waals surface area contributed by atoms with Crippen LogP contribution in [0.5, 0.6) is 0 Å². The van der Waals surface area contributed by atoms with Gasteiger partial charge in [-0.1, -0.05) is 30.3 Å². The molecule has 2 amide bonds. The van der Waals surface area contributed by atoms with E-state index in [-0.39, 0.29) is 18.5 Å². The molecule has 1 saturated heterocycles. The monoisotopic (exact) mass is 350 g/mol. The predicted octanol–water partition coefficient (Wildman–Crippen LogP) is 3.46. The van der Waals surface area contributed by atoms with E-state index in [9.17, 15) is 14.0 Å². The second kappa shape index (κ2) is 7.42. The molecule has 6 heteroatoms. The van der Waals surface area contributed by atoms with Crippen LogP contribution in [-0.2, 0) is 9.53 Å². The number of carbonyl (C=O) groups excluding carboxylic acids is 2. The molecule has 1 aromatic rings. The van der Waals surface area contributed by atoms with E-state index in [0.29, 0.717) is 0 Å². The molecule has 0 saturated carbocycles. The molecule has 0 radical (unpaired) electrons. The fraction of sp³-hybridized carbons (Fsp3) is 0.579. The molecule has 0 aliphatic carbocycles. The number of benzene rings is 1. The molecule has 1 aliphatic heterocycles. The molecule has 2 rings (SSSR count). The highest BCUT2D eigenvalue weighted by molar-refractivity contribution is 5.88. The number of hydrogen-bond acceptors (Lipinski definition) is 3. The third-order valence-corrected chi connectivity index (χ3v) is 4.40. The van der Waals surface area contributed by atoms with E-state index < -0.39 is 29.8 Å². The fourth-order valence-corrected chi connectivity index (χ4v) is 3.06. The van der Waals surface area contributed by atoms with Gasteiger partial charge in [0.15, 0.2) is 0 Å². The number of alkyl halides is 1. The van der Waals surface area contributed by atoms with Crippen molar-refractivity contribution in [3.63, 3.8) is 0 Å². The molecule has 4 atom stereocenters. The molecule has 1 fully saturated rings. The molecule has 1 N–H and O–H groups in total. The smallest absolute Gasteiger partial charge is 0.408 e. The molecule has 25 heavy (non-hydrogen) atoms. The molecule has 0 aromatic heterocycles. The Kier molecular flexibility index (Phi) is 5.70. The molecule has 0 bridgehead atoms. The predicted molar refractivity (Wildman–Crippen MR) is 93.8 cm³/mol. The van der Waals surface area contributed by atoms with E-state index in [1.807, 2.05) is 37.3 Å². The summed E-state index contributed by atoms with van der Waals surface area (Å²) in [6, 6.07) is 8.46. The Hall–Kier alpha value is -2.11. The van der Waals surface area contributed by atoms with Gasteiger partial charge in [-0.25, -0.2) is 9.18 Å². The van der Waals surface area contributed by atoms with Gasteiger partial charge in [0.2, 0.25) is 5.91 Å². The van der Waals surface area contributed by atoms with Crippen molar-refractivity contribution in [3.05, 3.63) is 35.9 Å². The maximum atomic E-state index is 14.1. The Morgan fingerprint density at radius 2 is 1.88 bits per heavy atom. The van der Waals surface area contributed by atoms with Crippen molar-refractivity contribution >= 4 is 12.0 Å². The molecular weight excluding hydrogens is 323 g/mol. The third kappa shape index (κ3) is 4.71. The van der Waals surface area contributed by atoms with Gasteiger partial charge < -0.3 is 15.0 Å². The number of halogens is 1. The van der Waals surface area contributed by atoms with Gasteiger partial charge >= 0.3 is 6.09 Å². The molecule has 138 valence electrons. The summed E-state index contributed by atoms with van der Waals surface area (Å²) in [7, 11) is 0. The lowest BCUT2D eigenvalue weighted by Crippen LogP contribution is -2.47. The van der Waals surface area contributed by atoms with Crippen LogP contribution in [0.25, 0.3) is 0 Å². The summed E-state index contributed by atoms with van der Waals surface area (Å²) in [6.07, 6.45) is -1.93. The van der Waals surface area contributed by atoms with Crippen LogP contribution >= 0.6 is 0 Å². The Balaban J connectivity index is 2.16. The zero-order valence-electron chi connectivity index (χ0n) is 15.5. The largest absolute Gasteiger partial charge is 0.444 e. The first-order valence-corrected chi connectivity index (χ1v) is 8.59. The summed E-state index contributed by atoms with van der Waals surface area (Å²) >= 11 is 0. The number of ether oxygens (including phenoxy) is 1. The zero-order valence-corrected chi connectivity index (χ0v) is 15.5. The highest BCUT2D eigenvalue weighted by Crippen LogP contribution is 2.31. The number of hydrogen-bond donors (Lipinski definition) is 1. The summed E-state index contributed by atoms with van der Waals surface area (Å²) in [5, 5.41) is 2.56. The van der Waals surface area contributed by atoms with Crippen LogP contribution in [0.3, 0.4) is 0 Å². The molecular formula is C19H27FN2O3. The van der Waals surface area contributed by atoms with Crippen molar-refractivity contribution in [3.8, 4) is 0 Å². The van der Waals surface area contributed by atoms with E-state index in [0.717, 1.165) is 5.56 Å². The maximum absolute atomic E-state index is 14.1. The Morgan fingerprint density at radius 3 is 2.40 bits per heavy atom. The van der Waals surface area contributed by atoms with Gasteiger partial charge in [0.1, 0.15) is 17.8 Å². The first-order valence-electron chi connectivity index (χ1n) is 8.59. The lowest BCUT2D eigenvalue weighted by molar-refractivity contribution is -0.131. The minimum absolute atomic E-state index is 0.194. The maximum Gasteiger partial charge on any atom is 0.408 e. The van der Waals surface area contributed by atoms with Gasteiger partial charge in [-0.15, -0.1) is 0 Å². The van der Waals surface area contributed by atoms with Crippen LogP contribution < -0.4 is 5.32 Å². The van der Waals surface area contributed by atoms with Crippen LogP contribution in [-0.4, -0.2) is 41.3 Å². The summed E-state index contributed by atoms with van der Waals surface area (Å²) in [6.45, 7) is 8.79.